The highest BCUT2D eigenvalue weighted by Crippen LogP contribution is 2.26. The molecule has 0 unspecified atom stereocenters. The SMILES string of the molecule is CC(C)COc1ccc(CC(=O)N(Cc2ccc(F)cc2)C2CCN(CCC3OCC(C)(C)CO3)CC2)cc1. The summed E-state index contributed by atoms with van der Waals surface area (Å²) in [5.74, 6) is 1.11. The standard InChI is InChI=1S/C32H45FN2O4/c1-24(2)21-37-29-11-7-25(8-12-29)19-30(36)35(20-26-5-9-27(33)10-6-26)28-13-16-34(17-14-28)18-15-31-38-22-32(3,4)23-39-31/h5-12,24,28,31H,13-23H2,1-4H3. The number of rotatable bonds is 11. The van der Waals surface area contributed by atoms with Crippen LogP contribution in [-0.4, -0.2) is 67.5 Å². The molecule has 214 valence electrons. The van der Waals surface area contributed by atoms with Gasteiger partial charge in [-0.05, 0) is 54.2 Å². The van der Waals surface area contributed by atoms with Gasteiger partial charge in [-0.2, -0.15) is 0 Å². The predicted octanol–water partition coefficient (Wildman–Crippen LogP) is 5.69. The number of ether oxygens (including phenoxy) is 3. The summed E-state index contributed by atoms with van der Waals surface area (Å²) in [6.07, 6.45) is 2.88. The molecule has 1 amide bonds. The molecule has 2 aliphatic rings. The summed E-state index contributed by atoms with van der Waals surface area (Å²) in [4.78, 5) is 18.1. The van der Waals surface area contributed by atoms with Crippen LogP contribution in [0.3, 0.4) is 0 Å². The molecule has 7 heteroatoms. The molecule has 2 aromatic carbocycles. The molecule has 0 radical (unpaired) electrons. The van der Waals surface area contributed by atoms with Gasteiger partial charge in [-0.3, -0.25) is 4.79 Å². The summed E-state index contributed by atoms with van der Waals surface area (Å²) >= 11 is 0. The van der Waals surface area contributed by atoms with Gasteiger partial charge in [-0.25, -0.2) is 4.39 Å². The van der Waals surface area contributed by atoms with Crippen LogP contribution in [0.5, 0.6) is 5.75 Å². The number of likely N-dealkylation sites (tertiary alicyclic amines) is 1. The molecule has 0 aliphatic carbocycles. The lowest BCUT2D eigenvalue weighted by molar-refractivity contribution is -0.224. The lowest BCUT2D eigenvalue weighted by atomic mass is 9.95. The molecule has 39 heavy (non-hydrogen) atoms. The van der Waals surface area contributed by atoms with E-state index in [2.05, 4.69) is 32.6 Å². The van der Waals surface area contributed by atoms with E-state index < -0.39 is 0 Å². The van der Waals surface area contributed by atoms with Crippen LogP contribution in [0.4, 0.5) is 4.39 Å². The second-order valence-corrected chi connectivity index (χ2v) is 12.3. The van der Waals surface area contributed by atoms with Gasteiger partial charge < -0.3 is 24.0 Å². The highest BCUT2D eigenvalue weighted by Gasteiger charge is 2.31. The molecule has 2 aromatic rings. The van der Waals surface area contributed by atoms with Crippen molar-refractivity contribution in [2.24, 2.45) is 11.3 Å². The first-order valence-corrected chi connectivity index (χ1v) is 14.4. The number of hydrogen-bond donors (Lipinski definition) is 0. The molecule has 2 heterocycles. The Morgan fingerprint density at radius 1 is 1.03 bits per heavy atom. The molecule has 0 aromatic heterocycles. The molecule has 2 aliphatic heterocycles. The largest absolute Gasteiger partial charge is 0.493 e. The Bertz CT molecular complexity index is 1020. The number of carbonyl (C=O) groups excluding carboxylic acids is 1. The topological polar surface area (TPSA) is 51.2 Å². The lowest BCUT2D eigenvalue weighted by Crippen LogP contribution is -2.48. The van der Waals surface area contributed by atoms with Gasteiger partial charge in [0.1, 0.15) is 11.6 Å². The maximum Gasteiger partial charge on any atom is 0.227 e. The Kier molecular flexibility index (Phi) is 10.4. The van der Waals surface area contributed by atoms with Crippen molar-refractivity contribution in [2.45, 2.75) is 72.3 Å². The molecule has 2 saturated heterocycles. The van der Waals surface area contributed by atoms with Gasteiger partial charge >= 0.3 is 0 Å². The van der Waals surface area contributed by atoms with Gasteiger partial charge in [0.2, 0.25) is 5.91 Å². The van der Waals surface area contributed by atoms with Gasteiger partial charge in [0.05, 0.1) is 26.2 Å². The summed E-state index contributed by atoms with van der Waals surface area (Å²) in [5, 5.41) is 0. The molecule has 0 N–H and O–H groups in total. The average Bonchev–Trinajstić information content (AvgIpc) is 2.92. The first-order valence-electron chi connectivity index (χ1n) is 14.4. The van der Waals surface area contributed by atoms with Gasteiger partial charge in [0.15, 0.2) is 6.29 Å². The van der Waals surface area contributed by atoms with Crippen LogP contribution in [0, 0.1) is 17.2 Å². The Morgan fingerprint density at radius 3 is 2.26 bits per heavy atom. The molecule has 6 nitrogen and oxygen atoms in total. The van der Waals surface area contributed by atoms with E-state index in [-0.39, 0.29) is 29.5 Å². The number of amides is 1. The Balaban J connectivity index is 1.33. The maximum absolute atomic E-state index is 13.6. The van der Waals surface area contributed by atoms with Gasteiger partial charge in [-0.15, -0.1) is 0 Å². The van der Waals surface area contributed by atoms with Crippen molar-refractivity contribution in [1.82, 2.24) is 9.80 Å². The summed E-state index contributed by atoms with van der Waals surface area (Å²) in [6.45, 7) is 13.9. The third-order valence-corrected chi connectivity index (χ3v) is 7.45. The van der Waals surface area contributed by atoms with E-state index in [0.29, 0.717) is 25.5 Å². The second kappa shape index (κ2) is 13.7. The quantitative estimate of drug-likeness (QED) is 0.367. The third kappa shape index (κ3) is 9.30. The Hall–Kier alpha value is -2.48. The number of nitrogens with zero attached hydrogens (tertiary/aromatic N) is 2. The van der Waals surface area contributed by atoms with Crippen LogP contribution in [0.1, 0.15) is 58.1 Å². The zero-order valence-corrected chi connectivity index (χ0v) is 24.0. The van der Waals surface area contributed by atoms with Crippen molar-refractivity contribution in [2.75, 3.05) is 39.5 Å². The number of benzene rings is 2. The molecular weight excluding hydrogens is 495 g/mol. The predicted molar refractivity (Wildman–Crippen MR) is 151 cm³/mol. The first kappa shape index (κ1) is 29.5. The fourth-order valence-electron chi connectivity index (χ4n) is 5.09. The van der Waals surface area contributed by atoms with Crippen molar-refractivity contribution in [1.29, 1.82) is 0 Å². The molecule has 2 fully saturated rings. The molecule has 0 spiro atoms. The van der Waals surface area contributed by atoms with Crippen LogP contribution in [0.25, 0.3) is 0 Å². The van der Waals surface area contributed by atoms with Gasteiger partial charge in [-0.1, -0.05) is 52.0 Å². The van der Waals surface area contributed by atoms with E-state index in [4.69, 9.17) is 14.2 Å². The second-order valence-electron chi connectivity index (χ2n) is 12.3. The fourth-order valence-corrected chi connectivity index (χ4v) is 5.09. The minimum Gasteiger partial charge on any atom is -0.493 e. The minimum absolute atomic E-state index is 0.0823. The van der Waals surface area contributed by atoms with Crippen LogP contribution < -0.4 is 4.74 Å². The lowest BCUT2D eigenvalue weighted by Gasteiger charge is -2.40. The fraction of sp³-hybridized carbons (Fsp3) is 0.594. The number of halogens is 1. The van der Waals surface area contributed by atoms with Crippen LogP contribution >= 0.6 is 0 Å². The normalized spacial score (nSPS) is 18.8. The number of hydrogen-bond acceptors (Lipinski definition) is 5. The van der Waals surface area contributed by atoms with Crippen molar-refractivity contribution >= 4 is 5.91 Å². The highest BCUT2D eigenvalue weighted by molar-refractivity contribution is 5.79. The minimum atomic E-state index is -0.265. The monoisotopic (exact) mass is 540 g/mol. The Morgan fingerprint density at radius 2 is 1.64 bits per heavy atom. The van der Waals surface area contributed by atoms with Crippen LogP contribution in [0.15, 0.2) is 48.5 Å². The van der Waals surface area contributed by atoms with Gasteiger partial charge in [0.25, 0.3) is 0 Å². The Labute approximate surface area is 233 Å². The summed E-state index contributed by atoms with van der Waals surface area (Å²) in [7, 11) is 0. The number of carbonyl (C=O) groups is 1. The zero-order chi connectivity index (χ0) is 27.8. The molecule has 0 atom stereocenters. The van der Waals surface area contributed by atoms with Crippen molar-refractivity contribution < 1.29 is 23.4 Å². The van der Waals surface area contributed by atoms with E-state index in [1.807, 2.05) is 29.2 Å². The smallest absolute Gasteiger partial charge is 0.227 e. The molecule has 4 rings (SSSR count). The van der Waals surface area contributed by atoms with E-state index in [1.54, 1.807) is 12.1 Å². The maximum atomic E-state index is 13.6. The van der Waals surface area contributed by atoms with Crippen LogP contribution in [0.2, 0.25) is 0 Å². The summed E-state index contributed by atoms with van der Waals surface area (Å²) in [5.41, 5.74) is 1.99. The first-order chi connectivity index (χ1) is 18.7. The van der Waals surface area contributed by atoms with Crippen molar-refractivity contribution in [3.63, 3.8) is 0 Å². The van der Waals surface area contributed by atoms with E-state index >= 15 is 0 Å². The van der Waals surface area contributed by atoms with Crippen molar-refractivity contribution in [3.8, 4) is 5.75 Å². The molecule has 0 bridgehead atoms. The van der Waals surface area contributed by atoms with Gasteiger partial charge in [0, 0.05) is 44.1 Å². The third-order valence-electron chi connectivity index (χ3n) is 7.45. The van der Waals surface area contributed by atoms with E-state index in [0.717, 1.165) is 69.0 Å². The zero-order valence-electron chi connectivity index (χ0n) is 24.0. The summed E-state index contributed by atoms with van der Waals surface area (Å²) in [6, 6.07) is 14.5. The number of piperidine rings is 1. The van der Waals surface area contributed by atoms with E-state index in [1.165, 1.54) is 12.1 Å². The van der Waals surface area contributed by atoms with Crippen molar-refractivity contribution in [3.05, 3.63) is 65.5 Å². The molecular formula is C32H45FN2O4. The molecule has 0 saturated carbocycles. The highest BCUT2D eigenvalue weighted by atomic mass is 19.1. The van der Waals surface area contributed by atoms with Crippen LogP contribution in [-0.2, 0) is 27.2 Å². The average molecular weight is 541 g/mol. The van der Waals surface area contributed by atoms with E-state index in [9.17, 15) is 9.18 Å². The summed E-state index contributed by atoms with van der Waals surface area (Å²) < 4.78 is 31.1.